The van der Waals surface area contributed by atoms with Gasteiger partial charge in [0.1, 0.15) is 0 Å². The van der Waals surface area contributed by atoms with Crippen LogP contribution < -0.4 is 20.1 Å². The summed E-state index contributed by atoms with van der Waals surface area (Å²) in [5, 5.41) is 6.02. The third-order valence-electron chi connectivity index (χ3n) is 3.55. The molecule has 0 saturated heterocycles. The average molecular weight is 377 g/mol. The zero-order chi connectivity index (χ0) is 16.2. The van der Waals surface area contributed by atoms with E-state index >= 15 is 0 Å². The van der Waals surface area contributed by atoms with Crippen LogP contribution in [0.25, 0.3) is 0 Å². The van der Waals surface area contributed by atoms with Crippen LogP contribution in [0.15, 0.2) is 40.9 Å². The summed E-state index contributed by atoms with van der Waals surface area (Å²) in [6, 6.07) is 11.6. The number of aryl methyl sites for hydroxylation is 1. The number of carbonyl (C=O) groups excluding carboxylic acids is 1. The van der Waals surface area contributed by atoms with Crippen LogP contribution in [-0.4, -0.2) is 19.2 Å². The van der Waals surface area contributed by atoms with Crippen LogP contribution >= 0.6 is 15.9 Å². The molecule has 0 bridgehead atoms. The van der Waals surface area contributed by atoms with Crippen molar-refractivity contribution in [3.05, 3.63) is 52.0 Å². The summed E-state index contributed by atoms with van der Waals surface area (Å²) in [5.41, 5.74) is 3.01. The number of carbonyl (C=O) groups is 1. The molecule has 0 saturated carbocycles. The molecule has 6 heteroatoms. The first-order valence-corrected chi connectivity index (χ1v) is 8.06. The molecule has 0 aliphatic carbocycles. The summed E-state index contributed by atoms with van der Waals surface area (Å²) in [7, 11) is 0. The zero-order valence-electron chi connectivity index (χ0n) is 12.7. The van der Waals surface area contributed by atoms with Gasteiger partial charge in [0.15, 0.2) is 11.5 Å². The highest BCUT2D eigenvalue weighted by molar-refractivity contribution is 9.10. The Hall–Kier alpha value is -2.21. The van der Waals surface area contributed by atoms with Crippen molar-refractivity contribution in [1.29, 1.82) is 0 Å². The van der Waals surface area contributed by atoms with Gasteiger partial charge in [0, 0.05) is 16.7 Å². The summed E-state index contributed by atoms with van der Waals surface area (Å²) >= 11 is 3.42. The standard InChI is InChI=1S/C17H17BrN2O3/c1-11-6-13(18)3-4-14(11)19-9-17(21)20-8-12-2-5-15-16(7-12)23-10-22-15/h2-7,19H,8-10H2,1H3,(H,20,21). The predicted molar refractivity (Wildman–Crippen MR) is 91.8 cm³/mol. The maximum atomic E-state index is 12.0. The normalized spacial score (nSPS) is 12.1. The lowest BCUT2D eigenvalue weighted by molar-refractivity contribution is -0.119. The molecule has 0 unspecified atom stereocenters. The number of nitrogens with one attached hydrogen (secondary N) is 2. The maximum Gasteiger partial charge on any atom is 0.239 e. The molecule has 23 heavy (non-hydrogen) atoms. The Balaban J connectivity index is 1.50. The zero-order valence-corrected chi connectivity index (χ0v) is 14.3. The van der Waals surface area contributed by atoms with E-state index in [1.54, 1.807) is 0 Å². The van der Waals surface area contributed by atoms with E-state index < -0.39 is 0 Å². The molecule has 0 spiro atoms. The number of benzene rings is 2. The second-order valence-electron chi connectivity index (χ2n) is 5.28. The Morgan fingerprint density at radius 3 is 2.83 bits per heavy atom. The van der Waals surface area contributed by atoms with E-state index in [1.165, 1.54) is 0 Å². The number of rotatable bonds is 5. The molecule has 2 N–H and O–H groups in total. The smallest absolute Gasteiger partial charge is 0.239 e. The Kier molecular flexibility index (Phi) is 4.71. The van der Waals surface area contributed by atoms with Crippen molar-refractivity contribution < 1.29 is 14.3 Å². The van der Waals surface area contributed by atoms with Crippen LogP contribution in [0.2, 0.25) is 0 Å². The Labute approximate surface area is 143 Å². The lowest BCUT2D eigenvalue weighted by Crippen LogP contribution is -2.29. The van der Waals surface area contributed by atoms with Gasteiger partial charge in [0.25, 0.3) is 0 Å². The second kappa shape index (κ2) is 6.91. The summed E-state index contributed by atoms with van der Waals surface area (Å²) in [5.74, 6) is 1.40. The van der Waals surface area contributed by atoms with Crippen LogP contribution in [0.1, 0.15) is 11.1 Å². The molecule has 0 radical (unpaired) electrons. The molecule has 2 aromatic rings. The minimum Gasteiger partial charge on any atom is -0.454 e. The lowest BCUT2D eigenvalue weighted by Gasteiger charge is -2.10. The van der Waals surface area contributed by atoms with Crippen molar-refractivity contribution in [3.8, 4) is 11.5 Å². The molecule has 0 aromatic heterocycles. The molecule has 1 aliphatic rings. The van der Waals surface area contributed by atoms with E-state index in [0.29, 0.717) is 6.54 Å². The summed E-state index contributed by atoms with van der Waals surface area (Å²) in [4.78, 5) is 12.0. The van der Waals surface area contributed by atoms with Gasteiger partial charge in [0.2, 0.25) is 12.7 Å². The molecule has 0 fully saturated rings. The minimum absolute atomic E-state index is 0.0648. The van der Waals surface area contributed by atoms with E-state index in [4.69, 9.17) is 9.47 Å². The van der Waals surface area contributed by atoms with Crippen LogP contribution in [-0.2, 0) is 11.3 Å². The van der Waals surface area contributed by atoms with Crippen molar-refractivity contribution in [2.24, 2.45) is 0 Å². The largest absolute Gasteiger partial charge is 0.454 e. The topological polar surface area (TPSA) is 59.6 Å². The van der Waals surface area contributed by atoms with Crippen molar-refractivity contribution in [1.82, 2.24) is 5.32 Å². The van der Waals surface area contributed by atoms with Crippen LogP contribution in [0.5, 0.6) is 11.5 Å². The van der Waals surface area contributed by atoms with Gasteiger partial charge in [-0.2, -0.15) is 0 Å². The van der Waals surface area contributed by atoms with Crippen LogP contribution in [0.3, 0.4) is 0 Å². The van der Waals surface area contributed by atoms with Gasteiger partial charge in [0.05, 0.1) is 6.54 Å². The SMILES string of the molecule is Cc1cc(Br)ccc1NCC(=O)NCc1ccc2c(c1)OCO2. The van der Waals surface area contributed by atoms with Crippen molar-refractivity contribution >= 4 is 27.5 Å². The van der Waals surface area contributed by atoms with E-state index in [1.807, 2.05) is 43.3 Å². The molecule has 1 heterocycles. The molecule has 1 amide bonds. The maximum absolute atomic E-state index is 12.0. The number of hydrogen-bond acceptors (Lipinski definition) is 4. The van der Waals surface area contributed by atoms with Gasteiger partial charge in [-0.1, -0.05) is 22.0 Å². The number of hydrogen-bond donors (Lipinski definition) is 2. The van der Waals surface area contributed by atoms with E-state index in [2.05, 4.69) is 26.6 Å². The minimum atomic E-state index is -0.0648. The molecule has 5 nitrogen and oxygen atoms in total. The summed E-state index contributed by atoms with van der Waals surface area (Å²) in [6.45, 7) is 2.93. The first-order valence-electron chi connectivity index (χ1n) is 7.27. The van der Waals surface area contributed by atoms with Gasteiger partial charge in [-0.15, -0.1) is 0 Å². The first-order chi connectivity index (χ1) is 11.1. The van der Waals surface area contributed by atoms with Gasteiger partial charge < -0.3 is 20.1 Å². The molecular weight excluding hydrogens is 360 g/mol. The van der Waals surface area contributed by atoms with E-state index in [9.17, 15) is 4.79 Å². The highest BCUT2D eigenvalue weighted by Crippen LogP contribution is 2.32. The van der Waals surface area contributed by atoms with Gasteiger partial charge in [-0.3, -0.25) is 4.79 Å². The van der Waals surface area contributed by atoms with Crippen molar-refractivity contribution in [3.63, 3.8) is 0 Å². The highest BCUT2D eigenvalue weighted by atomic mass is 79.9. The Morgan fingerprint density at radius 1 is 1.17 bits per heavy atom. The number of ether oxygens (including phenoxy) is 2. The second-order valence-corrected chi connectivity index (χ2v) is 6.19. The summed E-state index contributed by atoms with van der Waals surface area (Å²) < 4.78 is 11.6. The number of fused-ring (bicyclic) bond motifs is 1. The average Bonchev–Trinajstić information content (AvgIpc) is 2.99. The third kappa shape index (κ3) is 3.96. The van der Waals surface area contributed by atoms with E-state index in [-0.39, 0.29) is 19.2 Å². The molecule has 3 rings (SSSR count). The molecular formula is C17H17BrN2O3. The fourth-order valence-corrected chi connectivity index (χ4v) is 2.79. The van der Waals surface area contributed by atoms with E-state index in [0.717, 1.165) is 32.8 Å². The highest BCUT2D eigenvalue weighted by Gasteiger charge is 2.13. The predicted octanol–water partition coefficient (Wildman–Crippen LogP) is 3.21. The molecule has 120 valence electrons. The number of halogens is 1. The Bertz CT molecular complexity index is 734. The van der Waals surface area contributed by atoms with Gasteiger partial charge in [-0.25, -0.2) is 0 Å². The third-order valence-corrected chi connectivity index (χ3v) is 4.05. The monoisotopic (exact) mass is 376 g/mol. The van der Waals surface area contributed by atoms with Crippen molar-refractivity contribution in [2.45, 2.75) is 13.5 Å². The summed E-state index contributed by atoms with van der Waals surface area (Å²) in [6.07, 6.45) is 0. The van der Waals surface area contributed by atoms with Gasteiger partial charge in [-0.05, 0) is 48.4 Å². The number of anilines is 1. The first kappa shape index (κ1) is 15.7. The fourth-order valence-electron chi connectivity index (χ4n) is 2.31. The quantitative estimate of drug-likeness (QED) is 0.840. The van der Waals surface area contributed by atoms with Crippen molar-refractivity contribution in [2.75, 3.05) is 18.7 Å². The Morgan fingerprint density at radius 2 is 2.00 bits per heavy atom. The van der Waals surface area contributed by atoms with Crippen LogP contribution in [0, 0.1) is 6.92 Å². The molecule has 1 aliphatic heterocycles. The van der Waals surface area contributed by atoms with Gasteiger partial charge >= 0.3 is 0 Å². The number of amides is 1. The lowest BCUT2D eigenvalue weighted by atomic mass is 10.2. The van der Waals surface area contributed by atoms with Crippen LogP contribution in [0.4, 0.5) is 5.69 Å². The fraction of sp³-hybridized carbons (Fsp3) is 0.235. The molecule has 2 aromatic carbocycles. The molecule has 0 atom stereocenters.